The molecule has 1 aromatic rings. The Balaban J connectivity index is 3.50. The number of rotatable bonds is 7. The molecule has 0 saturated heterocycles. The first-order chi connectivity index (χ1) is 11.3. The standard InChI is InChI=1S/C18H19N3O3/c1-11(2)15(18(20)24)16(21-10-22)17(23)14-8-12(3)7-13(9-14)5-4-6-19/h4-5,7-11H,1-3H3,(H2,20,24)(H,21,22)/b5-4+,16-15-. The fourth-order valence-electron chi connectivity index (χ4n) is 2.34. The van der Waals surface area contributed by atoms with Crippen LogP contribution in [0.2, 0.25) is 0 Å². The second-order valence-corrected chi connectivity index (χ2v) is 5.49. The molecule has 124 valence electrons. The molecule has 0 bridgehead atoms. The lowest BCUT2D eigenvalue weighted by atomic mass is 9.94. The quantitative estimate of drug-likeness (QED) is 0.345. The molecule has 2 amide bonds. The molecule has 0 unspecified atom stereocenters. The van der Waals surface area contributed by atoms with Crippen molar-refractivity contribution in [3.8, 4) is 6.07 Å². The number of ketones is 1. The molecule has 6 nitrogen and oxygen atoms in total. The normalized spacial score (nSPS) is 11.8. The van der Waals surface area contributed by atoms with E-state index in [0.29, 0.717) is 12.0 Å². The molecule has 0 fully saturated rings. The monoisotopic (exact) mass is 325 g/mol. The van der Waals surface area contributed by atoms with Crippen molar-refractivity contribution in [2.24, 2.45) is 11.7 Å². The van der Waals surface area contributed by atoms with E-state index in [-0.39, 0.29) is 22.8 Å². The van der Waals surface area contributed by atoms with Crippen LogP contribution in [-0.4, -0.2) is 18.1 Å². The van der Waals surface area contributed by atoms with Gasteiger partial charge in [-0.2, -0.15) is 5.26 Å². The van der Waals surface area contributed by atoms with Gasteiger partial charge in [0.15, 0.2) is 0 Å². The van der Waals surface area contributed by atoms with E-state index in [2.05, 4.69) is 5.32 Å². The van der Waals surface area contributed by atoms with E-state index in [1.165, 1.54) is 6.08 Å². The number of nitrogens with zero attached hydrogens (tertiary/aromatic N) is 1. The highest BCUT2D eigenvalue weighted by Crippen LogP contribution is 2.19. The lowest BCUT2D eigenvalue weighted by molar-refractivity contribution is -0.115. The summed E-state index contributed by atoms with van der Waals surface area (Å²) in [7, 11) is 0. The largest absolute Gasteiger partial charge is 0.366 e. The summed E-state index contributed by atoms with van der Waals surface area (Å²) in [5.41, 5.74) is 7.04. The molecule has 1 aromatic carbocycles. The van der Waals surface area contributed by atoms with Crippen LogP contribution < -0.4 is 11.1 Å². The zero-order chi connectivity index (χ0) is 18.3. The van der Waals surface area contributed by atoms with Gasteiger partial charge in [-0.05, 0) is 42.2 Å². The van der Waals surface area contributed by atoms with Gasteiger partial charge in [0.1, 0.15) is 0 Å². The molecule has 6 heteroatoms. The summed E-state index contributed by atoms with van der Waals surface area (Å²) in [6.07, 6.45) is 3.20. The van der Waals surface area contributed by atoms with Crippen molar-refractivity contribution in [1.29, 1.82) is 5.26 Å². The Kier molecular flexibility index (Phi) is 6.63. The number of benzene rings is 1. The minimum Gasteiger partial charge on any atom is -0.366 e. The fraction of sp³-hybridized carbons (Fsp3) is 0.222. The first kappa shape index (κ1) is 18.8. The average Bonchev–Trinajstić information content (AvgIpc) is 2.50. The summed E-state index contributed by atoms with van der Waals surface area (Å²) < 4.78 is 0. The number of nitrogens with two attached hydrogens (primary N) is 1. The van der Waals surface area contributed by atoms with E-state index in [0.717, 1.165) is 5.56 Å². The molecule has 0 aliphatic carbocycles. The minimum absolute atomic E-state index is 0.0581. The average molecular weight is 325 g/mol. The number of amides is 2. The SMILES string of the molecule is Cc1cc(/C=C/C#N)cc(C(=O)/C(NC=O)=C(/C(N)=O)C(C)C)c1. The number of hydrogen-bond acceptors (Lipinski definition) is 4. The molecule has 0 saturated carbocycles. The Labute approximate surface area is 140 Å². The van der Waals surface area contributed by atoms with E-state index in [1.54, 1.807) is 45.0 Å². The predicted octanol–water partition coefficient (Wildman–Crippen LogP) is 1.86. The second kappa shape index (κ2) is 8.44. The Morgan fingerprint density at radius 3 is 2.46 bits per heavy atom. The summed E-state index contributed by atoms with van der Waals surface area (Å²) >= 11 is 0. The zero-order valence-corrected chi connectivity index (χ0v) is 13.8. The maximum atomic E-state index is 12.8. The topological polar surface area (TPSA) is 113 Å². The van der Waals surface area contributed by atoms with Gasteiger partial charge >= 0.3 is 0 Å². The van der Waals surface area contributed by atoms with Gasteiger partial charge in [-0.3, -0.25) is 14.4 Å². The first-order valence-corrected chi connectivity index (χ1v) is 7.28. The van der Waals surface area contributed by atoms with Crippen molar-refractivity contribution in [2.75, 3.05) is 0 Å². The highest BCUT2D eigenvalue weighted by Gasteiger charge is 2.23. The highest BCUT2D eigenvalue weighted by molar-refractivity contribution is 6.14. The number of primary amides is 1. The molecule has 0 aliphatic heterocycles. The third kappa shape index (κ3) is 4.65. The van der Waals surface area contributed by atoms with Gasteiger partial charge in [-0.25, -0.2) is 0 Å². The third-order valence-corrected chi connectivity index (χ3v) is 3.25. The molecule has 0 radical (unpaired) electrons. The lowest BCUT2D eigenvalue weighted by Crippen LogP contribution is -2.29. The Morgan fingerprint density at radius 1 is 1.29 bits per heavy atom. The zero-order valence-electron chi connectivity index (χ0n) is 13.8. The van der Waals surface area contributed by atoms with E-state index >= 15 is 0 Å². The van der Waals surface area contributed by atoms with Crippen molar-refractivity contribution in [2.45, 2.75) is 20.8 Å². The summed E-state index contributed by atoms with van der Waals surface area (Å²) in [5, 5.41) is 10.9. The van der Waals surface area contributed by atoms with Crippen LogP contribution in [0.15, 0.2) is 35.5 Å². The molecular weight excluding hydrogens is 306 g/mol. The van der Waals surface area contributed by atoms with E-state index in [1.807, 2.05) is 6.07 Å². The summed E-state index contributed by atoms with van der Waals surface area (Å²) in [6.45, 7) is 5.21. The highest BCUT2D eigenvalue weighted by atomic mass is 16.2. The van der Waals surface area contributed by atoms with Gasteiger partial charge in [-0.1, -0.05) is 19.9 Å². The molecule has 0 spiro atoms. The predicted molar refractivity (Wildman–Crippen MR) is 90.4 cm³/mol. The van der Waals surface area contributed by atoms with Crippen LogP contribution in [0, 0.1) is 24.2 Å². The number of carbonyl (C=O) groups excluding carboxylic acids is 3. The van der Waals surface area contributed by atoms with Gasteiger partial charge < -0.3 is 11.1 Å². The van der Waals surface area contributed by atoms with Crippen LogP contribution in [0.4, 0.5) is 0 Å². The maximum Gasteiger partial charge on any atom is 0.247 e. The van der Waals surface area contributed by atoms with Crippen LogP contribution in [0.25, 0.3) is 6.08 Å². The molecular formula is C18H19N3O3. The van der Waals surface area contributed by atoms with Crippen LogP contribution in [-0.2, 0) is 9.59 Å². The molecule has 24 heavy (non-hydrogen) atoms. The van der Waals surface area contributed by atoms with Crippen molar-refractivity contribution in [1.82, 2.24) is 5.32 Å². The third-order valence-electron chi connectivity index (χ3n) is 3.25. The molecule has 0 heterocycles. The van der Waals surface area contributed by atoms with Gasteiger partial charge in [0.2, 0.25) is 18.1 Å². The molecule has 1 rings (SSSR count). The van der Waals surface area contributed by atoms with E-state index < -0.39 is 11.7 Å². The number of Topliss-reactive ketones (excluding diaryl/α,β-unsaturated/α-hetero) is 1. The Hall–Kier alpha value is -3.20. The summed E-state index contributed by atoms with van der Waals surface area (Å²) in [6, 6.07) is 6.90. The molecule has 0 aromatic heterocycles. The minimum atomic E-state index is -0.764. The fourth-order valence-corrected chi connectivity index (χ4v) is 2.34. The maximum absolute atomic E-state index is 12.8. The van der Waals surface area contributed by atoms with Crippen LogP contribution in [0.1, 0.15) is 35.3 Å². The Bertz CT molecular complexity index is 768. The number of nitriles is 1. The first-order valence-electron chi connectivity index (χ1n) is 7.28. The smallest absolute Gasteiger partial charge is 0.247 e. The summed E-state index contributed by atoms with van der Waals surface area (Å²) in [5.74, 6) is -1.61. The van der Waals surface area contributed by atoms with Gasteiger partial charge in [0, 0.05) is 17.2 Å². The number of hydrogen-bond donors (Lipinski definition) is 2. The number of allylic oxidation sites excluding steroid dienone is 2. The molecule has 0 atom stereocenters. The van der Waals surface area contributed by atoms with E-state index in [4.69, 9.17) is 11.0 Å². The lowest BCUT2D eigenvalue weighted by Gasteiger charge is -2.14. The van der Waals surface area contributed by atoms with Crippen LogP contribution in [0.3, 0.4) is 0 Å². The number of aryl methyl sites for hydroxylation is 1. The van der Waals surface area contributed by atoms with Gasteiger partial charge in [0.25, 0.3) is 0 Å². The molecule has 0 aliphatic rings. The van der Waals surface area contributed by atoms with Crippen molar-refractivity contribution < 1.29 is 14.4 Å². The number of carbonyl (C=O) groups is 3. The van der Waals surface area contributed by atoms with Crippen LogP contribution in [0.5, 0.6) is 0 Å². The van der Waals surface area contributed by atoms with Crippen LogP contribution >= 0.6 is 0 Å². The second-order valence-electron chi connectivity index (χ2n) is 5.49. The number of nitrogens with one attached hydrogen (secondary N) is 1. The van der Waals surface area contributed by atoms with Crippen molar-refractivity contribution in [3.63, 3.8) is 0 Å². The molecule has 3 N–H and O–H groups in total. The van der Waals surface area contributed by atoms with Gasteiger partial charge in [-0.15, -0.1) is 0 Å². The Morgan fingerprint density at radius 2 is 1.96 bits per heavy atom. The van der Waals surface area contributed by atoms with Crippen molar-refractivity contribution in [3.05, 3.63) is 52.2 Å². The van der Waals surface area contributed by atoms with E-state index in [9.17, 15) is 14.4 Å². The van der Waals surface area contributed by atoms with Crippen molar-refractivity contribution >= 4 is 24.2 Å². The van der Waals surface area contributed by atoms with Gasteiger partial charge in [0.05, 0.1) is 11.8 Å². The summed E-state index contributed by atoms with van der Waals surface area (Å²) in [4.78, 5) is 35.3.